The Morgan fingerprint density at radius 2 is 1.94 bits per heavy atom. The van der Waals surface area contributed by atoms with E-state index in [1.54, 1.807) is 0 Å². The number of benzene rings is 1. The second kappa shape index (κ2) is 5.89. The summed E-state index contributed by atoms with van der Waals surface area (Å²) in [5.74, 6) is 6.60. The van der Waals surface area contributed by atoms with E-state index in [0.29, 0.717) is 6.61 Å². The topological polar surface area (TPSA) is 9.23 Å². The van der Waals surface area contributed by atoms with Gasteiger partial charge in [-0.3, -0.25) is 0 Å². The van der Waals surface area contributed by atoms with Gasteiger partial charge in [-0.2, -0.15) is 0 Å². The first-order chi connectivity index (χ1) is 8.70. The Hall–Kier alpha value is -1.52. The van der Waals surface area contributed by atoms with Crippen LogP contribution in [0.15, 0.2) is 42.5 Å². The molecule has 1 aliphatic carbocycles. The number of rotatable bonds is 3. The van der Waals surface area contributed by atoms with Gasteiger partial charge in [-0.1, -0.05) is 42.2 Å². The molecule has 0 aromatic heterocycles. The molecule has 0 aliphatic heterocycles. The average Bonchev–Trinajstić information content (AvgIpc) is 2.85. The summed E-state index contributed by atoms with van der Waals surface area (Å²) >= 11 is 0. The SMILES string of the molecule is C=C(C)COC1(C#Cc2ccccc2)CCCC1. The van der Waals surface area contributed by atoms with Crippen LogP contribution in [0.1, 0.15) is 38.2 Å². The molecule has 0 spiro atoms. The molecule has 0 bridgehead atoms. The molecule has 0 N–H and O–H groups in total. The highest BCUT2D eigenvalue weighted by molar-refractivity contribution is 5.36. The Bertz CT molecular complexity index is 455. The first-order valence-corrected chi connectivity index (χ1v) is 6.57. The molecule has 1 nitrogen and oxygen atoms in total. The van der Waals surface area contributed by atoms with Crippen molar-refractivity contribution < 1.29 is 4.74 Å². The van der Waals surface area contributed by atoms with E-state index < -0.39 is 0 Å². The highest BCUT2D eigenvalue weighted by atomic mass is 16.5. The number of ether oxygens (including phenoxy) is 1. The highest BCUT2D eigenvalue weighted by Gasteiger charge is 2.32. The third-order valence-electron chi connectivity index (χ3n) is 3.21. The van der Waals surface area contributed by atoms with E-state index in [-0.39, 0.29) is 5.60 Å². The smallest absolute Gasteiger partial charge is 0.129 e. The maximum atomic E-state index is 6.00. The fourth-order valence-electron chi connectivity index (χ4n) is 2.22. The van der Waals surface area contributed by atoms with Crippen LogP contribution in [-0.2, 0) is 4.74 Å². The van der Waals surface area contributed by atoms with Gasteiger partial charge in [-0.05, 0) is 44.7 Å². The zero-order chi connectivity index (χ0) is 12.8. The fourth-order valence-corrected chi connectivity index (χ4v) is 2.22. The van der Waals surface area contributed by atoms with Crippen LogP contribution in [0.4, 0.5) is 0 Å². The van der Waals surface area contributed by atoms with Gasteiger partial charge in [-0.25, -0.2) is 0 Å². The number of hydrogen-bond acceptors (Lipinski definition) is 1. The molecule has 18 heavy (non-hydrogen) atoms. The van der Waals surface area contributed by atoms with Crippen molar-refractivity contribution in [1.29, 1.82) is 0 Å². The van der Waals surface area contributed by atoms with Gasteiger partial charge in [0.1, 0.15) is 5.60 Å². The predicted molar refractivity (Wildman–Crippen MR) is 75.3 cm³/mol. The van der Waals surface area contributed by atoms with Gasteiger partial charge in [0.25, 0.3) is 0 Å². The van der Waals surface area contributed by atoms with Crippen molar-refractivity contribution in [2.24, 2.45) is 0 Å². The molecule has 0 saturated heterocycles. The lowest BCUT2D eigenvalue weighted by Crippen LogP contribution is -2.27. The molecule has 0 radical (unpaired) electrons. The first kappa shape index (κ1) is 12.9. The molecule has 1 aliphatic rings. The van der Waals surface area contributed by atoms with Crippen LogP contribution in [0.25, 0.3) is 0 Å². The van der Waals surface area contributed by atoms with Crippen molar-refractivity contribution >= 4 is 0 Å². The van der Waals surface area contributed by atoms with Crippen molar-refractivity contribution in [3.05, 3.63) is 48.0 Å². The van der Waals surface area contributed by atoms with E-state index in [2.05, 4.69) is 18.4 Å². The van der Waals surface area contributed by atoms with Gasteiger partial charge in [0, 0.05) is 5.56 Å². The van der Waals surface area contributed by atoms with Crippen molar-refractivity contribution in [3.63, 3.8) is 0 Å². The average molecular weight is 240 g/mol. The Morgan fingerprint density at radius 3 is 2.56 bits per heavy atom. The Morgan fingerprint density at radius 1 is 1.28 bits per heavy atom. The van der Waals surface area contributed by atoms with Crippen LogP contribution >= 0.6 is 0 Å². The third-order valence-corrected chi connectivity index (χ3v) is 3.21. The Kier molecular flexibility index (Phi) is 4.23. The zero-order valence-electron chi connectivity index (χ0n) is 11.0. The quantitative estimate of drug-likeness (QED) is 0.574. The fraction of sp³-hybridized carbons (Fsp3) is 0.412. The standard InChI is InChI=1S/C17H20O/c1-15(2)14-18-17(11-6-7-12-17)13-10-16-8-4-3-5-9-16/h3-5,8-9H,1,6-7,11-12,14H2,2H3. The van der Waals surface area contributed by atoms with E-state index in [1.807, 2.05) is 37.3 Å². The van der Waals surface area contributed by atoms with Crippen molar-refractivity contribution in [1.82, 2.24) is 0 Å². The first-order valence-electron chi connectivity index (χ1n) is 6.57. The van der Waals surface area contributed by atoms with Gasteiger partial charge in [-0.15, -0.1) is 0 Å². The summed E-state index contributed by atoms with van der Waals surface area (Å²) in [6.07, 6.45) is 4.50. The second-order valence-electron chi connectivity index (χ2n) is 5.06. The molecular weight excluding hydrogens is 220 g/mol. The lowest BCUT2D eigenvalue weighted by Gasteiger charge is -2.23. The van der Waals surface area contributed by atoms with Crippen LogP contribution in [0.5, 0.6) is 0 Å². The lowest BCUT2D eigenvalue weighted by molar-refractivity contribution is 0.0188. The molecule has 0 atom stereocenters. The van der Waals surface area contributed by atoms with Crippen molar-refractivity contribution in [2.75, 3.05) is 6.61 Å². The monoisotopic (exact) mass is 240 g/mol. The van der Waals surface area contributed by atoms with E-state index in [9.17, 15) is 0 Å². The molecule has 1 heteroatoms. The minimum absolute atomic E-state index is 0.241. The summed E-state index contributed by atoms with van der Waals surface area (Å²) in [6.45, 7) is 6.50. The van der Waals surface area contributed by atoms with Crippen molar-refractivity contribution in [2.45, 2.75) is 38.2 Å². The summed E-state index contributed by atoms with van der Waals surface area (Å²) < 4.78 is 6.00. The molecule has 1 aromatic rings. The molecule has 94 valence electrons. The molecule has 0 heterocycles. The zero-order valence-corrected chi connectivity index (χ0v) is 11.0. The Balaban J connectivity index is 2.11. The summed E-state index contributed by atoms with van der Waals surface area (Å²) in [6, 6.07) is 10.1. The van der Waals surface area contributed by atoms with E-state index >= 15 is 0 Å². The Labute approximate surface area is 110 Å². The summed E-state index contributed by atoms with van der Waals surface area (Å²) in [5.41, 5.74) is 1.87. The predicted octanol–water partition coefficient (Wildman–Crippen LogP) is 3.94. The minimum Gasteiger partial charge on any atom is -0.358 e. The van der Waals surface area contributed by atoms with E-state index in [0.717, 1.165) is 24.0 Å². The minimum atomic E-state index is -0.241. The summed E-state index contributed by atoms with van der Waals surface area (Å²) in [4.78, 5) is 0. The van der Waals surface area contributed by atoms with E-state index in [1.165, 1.54) is 12.8 Å². The van der Waals surface area contributed by atoms with Gasteiger partial charge >= 0.3 is 0 Å². The summed E-state index contributed by atoms with van der Waals surface area (Å²) in [5, 5.41) is 0. The van der Waals surface area contributed by atoms with Crippen LogP contribution in [0, 0.1) is 11.8 Å². The van der Waals surface area contributed by atoms with Crippen LogP contribution < -0.4 is 0 Å². The third kappa shape index (κ3) is 3.48. The van der Waals surface area contributed by atoms with Gasteiger partial charge in [0.05, 0.1) is 6.61 Å². The molecule has 0 unspecified atom stereocenters. The van der Waals surface area contributed by atoms with Crippen LogP contribution in [0.3, 0.4) is 0 Å². The van der Waals surface area contributed by atoms with E-state index in [4.69, 9.17) is 4.74 Å². The molecule has 1 aromatic carbocycles. The molecule has 2 rings (SSSR count). The van der Waals surface area contributed by atoms with Gasteiger partial charge < -0.3 is 4.74 Å². The van der Waals surface area contributed by atoms with Gasteiger partial charge in [0.15, 0.2) is 0 Å². The maximum absolute atomic E-state index is 6.00. The molecule has 1 fully saturated rings. The van der Waals surface area contributed by atoms with Crippen molar-refractivity contribution in [3.8, 4) is 11.8 Å². The largest absolute Gasteiger partial charge is 0.358 e. The summed E-state index contributed by atoms with van der Waals surface area (Å²) in [7, 11) is 0. The molecule has 1 saturated carbocycles. The van der Waals surface area contributed by atoms with Crippen LogP contribution in [-0.4, -0.2) is 12.2 Å². The number of hydrogen-bond donors (Lipinski definition) is 0. The molecule has 0 amide bonds. The normalized spacial score (nSPS) is 16.9. The molecular formula is C17H20O. The second-order valence-corrected chi connectivity index (χ2v) is 5.06. The van der Waals surface area contributed by atoms with Gasteiger partial charge in [0.2, 0.25) is 0 Å². The maximum Gasteiger partial charge on any atom is 0.129 e. The highest BCUT2D eigenvalue weighted by Crippen LogP contribution is 2.33. The van der Waals surface area contributed by atoms with Crippen LogP contribution in [0.2, 0.25) is 0 Å². The lowest BCUT2D eigenvalue weighted by atomic mass is 10.0.